The Labute approximate surface area is 156 Å². The molecular formula is C21H19NO3S. The van der Waals surface area contributed by atoms with Gasteiger partial charge in [-0.1, -0.05) is 12.1 Å². The molecule has 1 heterocycles. The Morgan fingerprint density at radius 1 is 1.08 bits per heavy atom. The van der Waals surface area contributed by atoms with Crippen molar-refractivity contribution in [2.24, 2.45) is 0 Å². The van der Waals surface area contributed by atoms with Crippen molar-refractivity contribution in [2.45, 2.75) is 0 Å². The Balaban J connectivity index is 1.96. The van der Waals surface area contributed by atoms with Crippen molar-refractivity contribution in [2.75, 3.05) is 20.0 Å². The third-order valence-corrected chi connectivity index (χ3v) is 4.81. The number of thiophene rings is 1. The first-order chi connectivity index (χ1) is 12.6. The number of anilines is 1. The van der Waals surface area contributed by atoms with E-state index in [0.29, 0.717) is 22.7 Å². The molecule has 132 valence electrons. The number of carbonyl (C=O) groups is 1. The minimum Gasteiger partial charge on any atom is -0.493 e. The van der Waals surface area contributed by atoms with Gasteiger partial charge in [0.25, 0.3) is 0 Å². The molecule has 0 aliphatic heterocycles. The predicted molar refractivity (Wildman–Crippen MR) is 107 cm³/mol. The van der Waals surface area contributed by atoms with Gasteiger partial charge in [0.1, 0.15) is 0 Å². The molecular weight excluding hydrogens is 346 g/mol. The lowest BCUT2D eigenvalue weighted by atomic mass is 10.0. The van der Waals surface area contributed by atoms with Crippen molar-refractivity contribution in [3.63, 3.8) is 0 Å². The minimum atomic E-state index is -0.0857. The maximum Gasteiger partial charge on any atom is 0.185 e. The lowest BCUT2D eigenvalue weighted by molar-refractivity contribution is 0.104. The van der Waals surface area contributed by atoms with Crippen molar-refractivity contribution in [3.8, 4) is 21.9 Å². The molecule has 2 N–H and O–H groups in total. The van der Waals surface area contributed by atoms with Gasteiger partial charge in [0, 0.05) is 21.7 Å². The summed E-state index contributed by atoms with van der Waals surface area (Å²) < 4.78 is 11.0. The number of hydrogen-bond donors (Lipinski definition) is 1. The molecule has 0 fully saturated rings. The average molecular weight is 365 g/mol. The van der Waals surface area contributed by atoms with Crippen LogP contribution in [0.25, 0.3) is 16.5 Å². The summed E-state index contributed by atoms with van der Waals surface area (Å²) in [4.78, 5) is 13.4. The van der Waals surface area contributed by atoms with Crippen molar-refractivity contribution in [1.29, 1.82) is 0 Å². The third kappa shape index (κ3) is 3.78. The highest BCUT2D eigenvalue weighted by Gasteiger charge is 2.14. The second-order valence-electron chi connectivity index (χ2n) is 5.60. The fraction of sp³-hybridized carbons (Fsp3) is 0.0952. The third-order valence-electron chi connectivity index (χ3n) is 3.91. The topological polar surface area (TPSA) is 61.5 Å². The number of carbonyl (C=O) groups excluding carboxylic acids is 1. The largest absolute Gasteiger partial charge is 0.493 e. The summed E-state index contributed by atoms with van der Waals surface area (Å²) in [5.74, 6) is 1.22. The summed E-state index contributed by atoms with van der Waals surface area (Å²) >= 11 is 1.62. The molecule has 26 heavy (non-hydrogen) atoms. The number of nitrogen functional groups attached to an aromatic ring is 1. The van der Waals surface area contributed by atoms with Crippen LogP contribution in [0.5, 0.6) is 11.5 Å². The van der Waals surface area contributed by atoms with E-state index in [0.717, 1.165) is 16.0 Å². The molecule has 0 amide bonds. The highest BCUT2D eigenvalue weighted by molar-refractivity contribution is 7.13. The van der Waals surface area contributed by atoms with Crippen molar-refractivity contribution >= 4 is 28.9 Å². The molecule has 0 aliphatic rings. The monoisotopic (exact) mass is 365 g/mol. The van der Waals surface area contributed by atoms with E-state index in [1.165, 1.54) is 0 Å². The maximum atomic E-state index is 12.3. The van der Waals surface area contributed by atoms with Crippen LogP contribution < -0.4 is 15.2 Å². The molecule has 0 saturated carbocycles. The van der Waals surface area contributed by atoms with Gasteiger partial charge in [-0.2, -0.15) is 0 Å². The van der Waals surface area contributed by atoms with Gasteiger partial charge in [-0.05, 0) is 59.5 Å². The summed E-state index contributed by atoms with van der Waals surface area (Å²) in [6, 6.07) is 14.7. The molecule has 0 atom stereocenters. The average Bonchev–Trinajstić information content (AvgIpc) is 3.20. The molecule has 1 aromatic heterocycles. The number of ketones is 1. The molecule has 2 aromatic carbocycles. The van der Waals surface area contributed by atoms with E-state index in [9.17, 15) is 4.79 Å². The van der Waals surface area contributed by atoms with Crippen LogP contribution in [0.3, 0.4) is 0 Å². The molecule has 5 heteroatoms. The SMILES string of the molecule is COc1cc(/C=C/C(=O)c2ccc(N)cc2)cc(-c2cccs2)c1OC. The second-order valence-corrected chi connectivity index (χ2v) is 6.55. The van der Waals surface area contributed by atoms with Crippen LogP contribution in [0.15, 0.2) is 60.0 Å². The summed E-state index contributed by atoms with van der Waals surface area (Å²) in [6.45, 7) is 0. The van der Waals surface area contributed by atoms with Crippen LogP contribution in [0.4, 0.5) is 5.69 Å². The molecule has 0 unspecified atom stereocenters. The Bertz CT molecular complexity index is 929. The van der Waals surface area contributed by atoms with E-state index in [1.54, 1.807) is 62.0 Å². The van der Waals surface area contributed by atoms with Gasteiger partial charge in [0.05, 0.1) is 14.2 Å². The standard InChI is InChI=1S/C21H19NO3S/c1-24-19-13-14(5-10-18(23)15-6-8-16(22)9-7-15)12-17(21(19)25-2)20-4-3-11-26-20/h3-13H,22H2,1-2H3/b10-5+. The van der Waals surface area contributed by atoms with E-state index in [1.807, 2.05) is 29.6 Å². The first-order valence-electron chi connectivity index (χ1n) is 8.00. The lowest BCUT2D eigenvalue weighted by Gasteiger charge is -2.13. The van der Waals surface area contributed by atoms with Gasteiger partial charge >= 0.3 is 0 Å². The smallest absolute Gasteiger partial charge is 0.185 e. The molecule has 4 nitrogen and oxygen atoms in total. The Hall–Kier alpha value is -3.05. The zero-order chi connectivity index (χ0) is 18.5. The second kappa shape index (κ2) is 7.89. The zero-order valence-electron chi connectivity index (χ0n) is 14.6. The van der Waals surface area contributed by atoms with Crippen LogP contribution in [-0.4, -0.2) is 20.0 Å². The number of allylic oxidation sites excluding steroid dienone is 1. The number of methoxy groups -OCH3 is 2. The molecule has 0 saturated heterocycles. The zero-order valence-corrected chi connectivity index (χ0v) is 15.4. The number of rotatable bonds is 6. The van der Waals surface area contributed by atoms with E-state index >= 15 is 0 Å². The van der Waals surface area contributed by atoms with Gasteiger partial charge in [-0.25, -0.2) is 0 Å². The molecule has 0 aliphatic carbocycles. The molecule has 0 radical (unpaired) electrons. The van der Waals surface area contributed by atoms with Gasteiger partial charge in [0.2, 0.25) is 0 Å². The summed E-state index contributed by atoms with van der Waals surface area (Å²) in [5.41, 5.74) is 8.67. The Morgan fingerprint density at radius 2 is 1.85 bits per heavy atom. The van der Waals surface area contributed by atoms with Crippen LogP contribution >= 0.6 is 11.3 Å². The van der Waals surface area contributed by atoms with E-state index in [2.05, 4.69) is 0 Å². The van der Waals surface area contributed by atoms with Crippen LogP contribution in [0, 0.1) is 0 Å². The van der Waals surface area contributed by atoms with Gasteiger partial charge < -0.3 is 15.2 Å². The van der Waals surface area contributed by atoms with Crippen molar-refractivity contribution in [1.82, 2.24) is 0 Å². The quantitative estimate of drug-likeness (QED) is 0.383. The Morgan fingerprint density at radius 3 is 2.46 bits per heavy atom. The van der Waals surface area contributed by atoms with Crippen LogP contribution in [0.1, 0.15) is 15.9 Å². The van der Waals surface area contributed by atoms with E-state index in [-0.39, 0.29) is 5.78 Å². The number of ether oxygens (including phenoxy) is 2. The minimum absolute atomic E-state index is 0.0857. The highest BCUT2D eigenvalue weighted by Crippen LogP contribution is 2.41. The first-order valence-corrected chi connectivity index (χ1v) is 8.88. The fourth-order valence-electron chi connectivity index (χ4n) is 2.61. The van der Waals surface area contributed by atoms with Crippen molar-refractivity contribution < 1.29 is 14.3 Å². The lowest BCUT2D eigenvalue weighted by Crippen LogP contribution is -1.96. The van der Waals surface area contributed by atoms with Crippen molar-refractivity contribution in [3.05, 3.63) is 71.1 Å². The van der Waals surface area contributed by atoms with Gasteiger partial charge in [-0.3, -0.25) is 4.79 Å². The highest BCUT2D eigenvalue weighted by atomic mass is 32.1. The van der Waals surface area contributed by atoms with Gasteiger partial charge in [0.15, 0.2) is 17.3 Å². The fourth-order valence-corrected chi connectivity index (χ4v) is 3.35. The van der Waals surface area contributed by atoms with Crippen LogP contribution in [0.2, 0.25) is 0 Å². The van der Waals surface area contributed by atoms with Gasteiger partial charge in [-0.15, -0.1) is 11.3 Å². The Kier molecular flexibility index (Phi) is 5.39. The molecule has 0 spiro atoms. The van der Waals surface area contributed by atoms with E-state index in [4.69, 9.17) is 15.2 Å². The first kappa shape index (κ1) is 17.8. The number of hydrogen-bond acceptors (Lipinski definition) is 5. The molecule has 3 aromatic rings. The summed E-state index contributed by atoms with van der Waals surface area (Å²) in [5, 5.41) is 2.01. The van der Waals surface area contributed by atoms with Crippen LogP contribution in [-0.2, 0) is 0 Å². The summed E-state index contributed by atoms with van der Waals surface area (Å²) in [6.07, 6.45) is 3.32. The predicted octanol–water partition coefficient (Wildman–Crippen LogP) is 4.91. The molecule has 0 bridgehead atoms. The van der Waals surface area contributed by atoms with E-state index < -0.39 is 0 Å². The maximum absolute atomic E-state index is 12.3. The molecule has 3 rings (SSSR count). The summed E-state index contributed by atoms with van der Waals surface area (Å²) in [7, 11) is 3.22. The number of benzene rings is 2. The number of nitrogens with two attached hydrogens (primary N) is 1. The normalized spacial score (nSPS) is 10.8.